The van der Waals surface area contributed by atoms with Crippen LogP contribution in [0.4, 0.5) is 4.79 Å². The van der Waals surface area contributed by atoms with E-state index < -0.39 is 11.9 Å². The van der Waals surface area contributed by atoms with Crippen molar-refractivity contribution in [1.82, 2.24) is 10.6 Å². The van der Waals surface area contributed by atoms with Gasteiger partial charge in [-0.25, -0.2) is 4.79 Å². The van der Waals surface area contributed by atoms with Crippen molar-refractivity contribution in [3.63, 3.8) is 0 Å². The van der Waals surface area contributed by atoms with Crippen LogP contribution in [0.1, 0.15) is 41.0 Å². The van der Waals surface area contributed by atoms with Crippen LogP contribution in [-0.4, -0.2) is 30.2 Å². The summed E-state index contributed by atoms with van der Waals surface area (Å²) in [7, 11) is 0. The number of rotatable bonds is 7. The number of amides is 2. The van der Waals surface area contributed by atoms with Crippen molar-refractivity contribution in [1.29, 1.82) is 0 Å². The molecule has 0 rings (SSSR count). The molecule has 18 heavy (non-hydrogen) atoms. The van der Waals surface area contributed by atoms with Crippen LogP contribution in [0.25, 0.3) is 0 Å². The number of hydrogen-bond acceptors (Lipinski definition) is 2. The first kappa shape index (κ1) is 16.7. The number of carbonyl (C=O) groups is 2. The van der Waals surface area contributed by atoms with Gasteiger partial charge in [0.25, 0.3) is 0 Å². The van der Waals surface area contributed by atoms with Gasteiger partial charge in [0.05, 0.1) is 5.92 Å². The molecule has 1 unspecified atom stereocenters. The highest BCUT2D eigenvalue weighted by molar-refractivity contribution is 5.75. The summed E-state index contributed by atoms with van der Waals surface area (Å²) in [5.74, 6) is -0.936. The summed E-state index contributed by atoms with van der Waals surface area (Å²) in [5.41, 5.74) is 0.0221. The molecule has 0 fully saturated rings. The number of carboxylic acids is 1. The van der Waals surface area contributed by atoms with Crippen LogP contribution < -0.4 is 10.6 Å². The molecule has 0 aromatic heterocycles. The molecular weight excluding hydrogens is 232 g/mol. The fourth-order valence-corrected chi connectivity index (χ4v) is 1.20. The lowest BCUT2D eigenvalue weighted by Crippen LogP contribution is -2.44. The average molecular weight is 258 g/mol. The molecule has 0 aliphatic carbocycles. The second kappa shape index (κ2) is 7.24. The van der Waals surface area contributed by atoms with E-state index in [1.165, 1.54) is 0 Å². The summed E-state index contributed by atoms with van der Waals surface area (Å²) in [4.78, 5) is 22.3. The fourth-order valence-electron chi connectivity index (χ4n) is 1.20. The SMILES string of the molecule is CCC(CNC(=O)NCC(C)(C)C(C)C)C(=O)O. The minimum Gasteiger partial charge on any atom is -0.481 e. The zero-order chi connectivity index (χ0) is 14.3. The van der Waals surface area contributed by atoms with Crippen molar-refractivity contribution in [3.05, 3.63) is 0 Å². The Balaban J connectivity index is 4.03. The van der Waals surface area contributed by atoms with Crippen molar-refractivity contribution in [2.75, 3.05) is 13.1 Å². The minimum atomic E-state index is -0.875. The van der Waals surface area contributed by atoms with Gasteiger partial charge in [-0.3, -0.25) is 4.79 Å². The van der Waals surface area contributed by atoms with Crippen molar-refractivity contribution in [2.45, 2.75) is 41.0 Å². The monoisotopic (exact) mass is 258 g/mol. The molecular formula is C13H26N2O3. The van der Waals surface area contributed by atoms with Gasteiger partial charge in [0.2, 0.25) is 0 Å². The Morgan fingerprint density at radius 2 is 1.78 bits per heavy atom. The third kappa shape index (κ3) is 5.89. The van der Waals surface area contributed by atoms with Crippen LogP contribution >= 0.6 is 0 Å². The Labute approximate surface area is 109 Å². The standard InChI is InChI=1S/C13H26N2O3/c1-6-10(11(16)17)7-14-12(18)15-8-13(4,5)9(2)3/h9-10H,6-8H2,1-5H3,(H,16,17)(H2,14,15,18). The Hall–Kier alpha value is -1.26. The molecule has 2 amide bonds. The predicted molar refractivity (Wildman–Crippen MR) is 71.4 cm³/mol. The van der Waals surface area contributed by atoms with Crippen LogP contribution in [0.3, 0.4) is 0 Å². The third-order valence-corrected chi connectivity index (χ3v) is 3.62. The van der Waals surface area contributed by atoms with Gasteiger partial charge in [0.15, 0.2) is 0 Å². The zero-order valence-corrected chi connectivity index (χ0v) is 12.0. The van der Waals surface area contributed by atoms with Gasteiger partial charge < -0.3 is 15.7 Å². The van der Waals surface area contributed by atoms with Gasteiger partial charge in [0, 0.05) is 13.1 Å². The number of carboxylic acid groups (broad SMARTS) is 1. The summed E-state index contributed by atoms with van der Waals surface area (Å²) >= 11 is 0. The number of urea groups is 1. The molecule has 5 heteroatoms. The van der Waals surface area contributed by atoms with Gasteiger partial charge in [0.1, 0.15) is 0 Å². The molecule has 106 valence electrons. The van der Waals surface area contributed by atoms with E-state index in [2.05, 4.69) is 38.3 Å². The number of aliphatic carboxylic acids is 1. The van der Waals surface area contributed by atoms with Gasteiger partial charge in [-0.2, -0.15) is 0 Å². The molecule has 0 aromatic rings. The van der Waals surface area contributed by atoms with E-state index in [9.17, 15) is 9.59 Å². The summed E-state index contributed by atoms with van der Waals surface area (Å²) in [6.45, 7) is 10.9. The number of nitrogens with one attached hydrogen (secondary N) is 2. The maximum atomic E-state index is 11.5. The highest BCUT2D eigenvalue weighted by Crippen LogP contribution is 2.24. The molecule has 0 aliphatic rings. The molecule has 0 aliphatic heterocycles. The Morgan fingerprint density at radius 3 is 2.17 bits per heavy atom. The van der Waals surface area contributed by atoms with E-state index in [0.29, 0.717) is 18.9 Å². The lowest BCUT2D eigenvalue weighted by Gasteiger charge is -2.29. The first-order chi connectivity index (χ1) is 8.20. The molecule has 3 N–H and O–H groups in total. The molecule has 0 saturated carbocycles. The smallest absolute Gasteiger partial charge is 0.314 e. The minimum absolute atomic E-state index is 0.0221. The van der Waals surface area contributed by atoms with E-state index in [1.807, 2.05) is 0 Å². The van der Waals surface area contributed by atoms with Crippen molar-refractivity contribution >= 4 is 12.0 Å². The molecule has 0 radical (unpaired) electrons. The summed E-state index contributed by atoms with van der Waals surface area (Å²) in [6.07, 6.45) is 0.507. The average Bonchev–Trinajstić information content (AvgIpc) is 2.26. The van der Waals surface area contributed by atoms with Gasteiger partial charge in [-0.1, -0.05) is 34.6 Å². The first-order valence-corrected chi connectivity index (χ1v) is 6.45. The molecule has 0 spiro atoms. The normalized spacial score (nSPS) is 13.2. The maximum Gasteiger partial charge on any atom is 0.314 e. The third-order valence-electron chi connectivity index (χ3n) is 3.62. The Bertz CT molecular complexity index is 288. The summed E-state index contributed by atoms with van der Waals surface area (Å²) < 4.78 is 0. The molecule has 0 bridgehead atoms. The highest BCUT2D eigenvalue weighted by Gasteiger charge is 2.23. The number of carbonyl (C=O) groups excluding carboxylic acids is 1. The van der Waals surface area contributed by atoms with E-state index >= 15 is 0 Å². The second-order valence-corrected chi connectivity index (χ2v) is 5.65. The number of hydrogen-bond donors (Lipinski definition) is 3. The Morgan fingerprint density at radius 1 is 1.22 bits per heavy atom. The van der Waals surface area contributed by atoms with Gasteiger partial charge >= 0.3 is 12.0 Å². The topological polar surface area (TPSA) is 78.4 Å². The lowest BCUT2D eigenvalue weighted by molar-refractivity contribution is -0.141. The predicted octanol–water partition coefficient (Wildman–Crippen LogP) is 2.08. The van der Waals surface area contributed by atoms with Crippen LogP contribution in [-0.2, 0) is 4.79 Å². The van der Waals surface area contributed by atoms with Crippen molar-refractivity contribution in [2.24, 2.45) is 17.3 Å². The highest BCUT2D eigenvalue weighted by atomic mass is 16.4. The summed E-state index contributed by atoms with van der Waals surface area (Å²) in [5, 5.41) is 14.2. The second-order valence-electron chi connectivity index (χ2n) is 5.65. The lowest BCUT2D eigenvalue weighted by atomic mass is 9.81. The van der Waals surface area contributed by atoms with Crippen LogP contribution in [0.5, 0.6) is 0 Å². The van der Waals surface area contributed by atoms with Crippen molar-refractivity contribution in [3.8, 4) is 0 Å². The van der Waals surface area contributed by atoms with Crippen LogP contribution in [0, 0.1) is 17.3 Å². The summed E-state index contributed by atoms with van der Waals surface area (Å²) in [6, 6.07) is -0.302. The molecule has 5 nitrogen and oxygen atoms in total. The van der Waals surface area contributed by atoms with E-state index in [1.54, 1.807) is 6.92 Å². The maximum absolute atomic E-state index is 11.5. The van der Waals surface area contributed by atoms with E-state index in [4.69, 9.17) is 5.11 Å². The fraction of sp³-hybridized carbons (Fsp3) is 0.846. The molecule has 1 atom stereocenters. The Kier molecular flexibility index (Phi) is 6.73. The molecule has 0 heterocycles. The van der Waals surface area contributed by atoms with Gasteiger partial charge in [-0.15, -0.1) is 0 Å². The zero-order valence-electron chi connectivity index (χ0n) is 12.0. The van der Waals surface area contributed by atoms with Crippen molar-refractivity contribution < 1.29 is 14.7 Å². The van der Waals surface area contributed by atoms with E-state index in [0.717, 1.165) is 0 Å². The van der Waals surface area contributed by atoms with Crippen LogP contribution in [0.15, 0.2) is 0 Å². The quantitative estimate of drug-likeness (QED) is 0.654. The largest absolute Gasteiger partial charge is 0.481 e. The first-order valence-electron chi connectivity index (χ1n) is 6.45. The van der Waals surface area contributed by atoms with Gasteiger partial charge in [-0.05, 0) is 17.8 Å². The van der Waals surface area contributed by atoms with Crippen LogP contribution in [0.2, 0.25) is 0 Å². The molecule has 0 saturated heterocycles. The van der Waals surface area contributed by atoms with E-state index in [-0.39, 0.29) is 18.0 Å². The molecule has 0 aromatic carbocycles.